The van der Waals surface area contributed by atoms with Gasteiger partial charge in [-0.2, -0.15) is 0 Å². The lowest BCUT2D eigenvalue weighted by atomic mass is 9.76. The first-order chi connectivity index (χ1) is 10.0. The van der Waals surface area contributed by atoms with Crippen molar-refractivity contribution in [3.8, 4) is 0 Å². The van der Waals surface area contributed by atoms with Gasteiger partial charge in [-0.15, -0.1) is 0 Å². The van der Waals surface area contributed by atoms with Gasteiger partial charge in [0.25, 0.3) is 0 Å². The van der Waals surface area contributed by atoms with Crippen LogP contribution in [0.4, 0.5) is 0 Å². The Kier molecular flexibility index (Phi) is 5.40. The zero-order valence-electron chi connectivity index (χ0n) is 13.4. The van der Waals surface area contributed by atoms with E-state index in [1.54, 1.807) is 0 Å². The highest BCUT2D eigenvalue weighted by Gasteiger charge is 2.36. The summed E-state index contributed by atoms with van der Waals surface area (Å²) in [4.78, 5) is 13.8. The van der Waals surface area contributed by atoms with E-state index < -0.39 is 5.97 Å². The second kappa shape index (κ2) is 7.08. The van der Waals surface area contributed by atoms with E-state index in [0.717, 1.165) is 32.2 Å². The van der Waals surface area contributed by atoms with Crippen molar-refractivity contribution in [3.63, 3.8) is 0 Å². The minimum Gasteiger partial charge on any atom is -0.481 e. The summed E-state index contributed by atoms with van der Waals surface area (Å²) in [5.74, 6) is -0.182. The Morgan fingerprint density at radius 3 is 2.76 bits per heavy atom. The summed E-state index contributed by atoms with van der Waals surface area (Å²) in [6, 6.07) is 8.63. The van der Waals surface area contributed by atoms with Crippen LogP contribution in [0.3, 0.4) is 0 Å². The SMILES string of the molecule is CCC1CCC(C(=O)O)C(N(C)Cc2cccc(C)c2)C1. The summed E-state index contributed by atoms with van der Waals surface area (Å²) in [5, 5.41) is 9.50. The fourth-order valence-corrected chi connectivity index (χ4v) is 3.59. The predicted molar refractivity (Wildman–Crippen MR) is 85.2 cm³/mol. The van der Waals surface area contributed by atoms with Crippen LogP contribution >= 0.6 is 0 Å². The van der Waals surface area contributed by atoms with Crippen LogP contribution in [0.5, 0.6) is 0 Å². The molecule has 1 aromatic carbocycles. The van der Waals surface area contributed by atoms with Crippen molar-refractivity contribution in [2.24, 2.45) is 11.8 Å². The molecule has 3 unspecified atom stereocenters. The molecule has 2 rings (SSSR count). The molecule has 0 bridgehead atoms. The van der Waals surface area contributed by atoms with Gasteiger partial charge in [0.2, 0.25) is 0 Å². The molecule has 1 aliphatic carbocycles. The van der Waals surface area contributed by atoms with Crippen LogP contribution in [0.1, 0.15) is 43.7 Å². The summed E-state index contributed by atoms with van der Waals surface area (Å²) >= 11 is 0. The molecule has 0 heterocycles. The number of aliphatic carboxylic acids is 1. The fraction of sp³-hybridized carbons (Fsp3) is 0.611. The third-order valence-electron chi connectivity index (χ3n) is 4.90. The molecule has 3 nitrogen and oxygen atoms in total. The number of benzene rings is 1. The minimum absolute atomic E-state index is 0.154. The number of carboxylic acids is 1. The lowest BCUT2D eigenvalue weighted by Gasteiger charge is -2.39. The van der Waals surface area contributed by atoms with Gasteiger partial charge in [0.15, 0.2) is 0 Å². The average Bonchev–Trinajstić information content (AvgIpc) is 2.46. The van der Waals surface area contributed by atoms with Crippen LogP contribution in [0.15, 0.2) is 24.3 Å². The van der Waals surface area contributed by atoms with Crippen molar-refractivity contribution in [2.45, 2.75) is 52.1 Å². The summed E-state index contributed by atoms with van der Waals surface area (Å²) in [7, 11) is 2.07. The van der Waals surface area contributed by atoms with Gasteiger partial charge < -0.3 is 5.11 Å². The molecule has 0 saturated heterocycles. The van der Waals surface area contributed by atoms with Crippen molar-refractivity contribution in [2.75, 3.05) is 7.05 Å². The van der Waals surface area contributed by atoms with E-state index in [-0.39, 0.29) is 12.0 Å². The molecule has 116 valence electrons. The fourth-order valence-electron chi connectivity index (χ4n) is 3.59. The zero-order chi connectivity index (χ0) is 15.4. The number of hydrogen-bond donors (Lipinski definition) is 1. The van der Waals surface area contributed by atoms with E-state index in [0.29, 0.717) is 5.92 Å². The Bertz CT molecular complexity index is 486. The highest BCUT2D eigenvalue weighted by Crippen LogP contribution is 2.34. The molecule has 0 aliphatic heterocycles. The van der Waals surface area contributed by atoms with E-state index in [4.69, 9.17) is 0 Å². The molecular weight excluding hydrogens is 262 g/mol. The number of hydrogen-bond acceptors (Lipinski definition) is 2. The van der Waals surface area contributed by atoms with Crippen molar-refractivity contribution >= 4 is 5.97 Å². The average molecular weight is 289 g/mol. The van der Waals surface area contributed by atoms with Gasteiger partial charge in [-0.05, 0) is 44.7 Å². The van der Waals surface area contributed by atoms with Crippen molar-refractivity contribution < 1.29 is 9.90 Å². The largest absolute Gasteiger partial charge is 0.481 e. The maximum atomic E-state index is 11.5. The molecule has 1 N–H and O–H groups in total. The number of nitrogens with zero attached hydrogens (tertiary/aromatic N) is 1. The zero-order valence-corrected chi connectivity index (χ0v) is 13.4. The topological polar surface area (TPSA) is 40.5 Å². The molecule has 0 radical (unpaired) electrons. The molecule has 3 atom stereocenters. The Morgan fingerprint density at radius 1 is 1.38 bits per heavy atom. The molecule has 21 heavy (non-hydrogen) atoms. The number of rotatable bonds is 5. The predicted octanol–water partition coefficient (Wildman–Crippen LogP) is 3.71. The van der Waals surface area contributed by atoms with Crippen LogP contribution in [-0.2, 0) is 11.3 Å². The summed E-state index contributed by atoms with van der Waals surface area (Å²) in [6.07, 6.45) is 4.04. The monoisotopic (exact) mass is 289 g/mol. The second-order valence-electron chi connectivity index (χ2n) is 6.50. The number of aryl methyl sites for hydroxylation is 1. The molecule has 3 heteroatoms. The van der Waals surface area contributed by atoms with Crippen LogP contribution in [0, 0.1) is 18.8 Å². The number of carboxylic acid groups (broad SMARTS) is 1. The smallest absolute Gasteiger partial charge is 0.308 e. The standard InChI is InChI=1S/C18H27NO2/c1-4-14-8-9-16(18(20)21)17(11-14)19(3)12-15-7-5-6-13(2)10-15/h5-7,10,14,16-17H,4,8-9,11-12H2,1-3H3,(H,20,21). The summed E-state index contributed by atoms with van der Waals surface area (Å²) < 4.78 is 0. The lowest BCUT2D eigenvalue weighted by molar-refractivity contribution is -0.146. The van der Waals surface area contributed by atoms with Gasteiger partial charge in [0, 0.05) is 12.6 Å². The third-order valence-corrected chi connectivity index (χ3v) is 4.90. The van der Waals surface area contributed by atoms with Gasteiger partial charge in [-0.1, -0.05) is 43.2 Å². The molecule has 0 amide bonds. The second-order valence-corrected chi connectivity index (χ2v) is 6.50. The first-order valence-electron chi connectivity index (χ1n) is 7.99. The van der Waals surface area contributed by atoms with E-state index in [1.165, 1.54) is 11.1 Å². The highest BCUT2D eigenvalue weighted by molar-refractivity contribution is 5.71. The van der Waals surface area contributed by atoms with Crippen molar-refractivity contribution in [3.05, 3.63) is 35.4 Å². The van der Waals surface area contributed by atoms with Crippen molar-refractivity contribution in [1.82, 2.24) is 4.90 Å². The van der Waals surface area contributed by atoms with Crippen LogP contribution in [-0.4, -0.2) is 29.1 Å². The van der Waals surface area contributed by atoms with E-state index in [9.17, 15) is 9.90 Å². The van der Waals surface area contributed by atoms with Gasteiger partial charge in [0.1, 0.15) is 0 Å². The van der Waals surface area contributed by atoms with Gasteiger partial charge in [-0.25, -0.2) is 0 Å². The molecule has 1 fully saturated rings. The minimum atomic E-state index is -0.634. The molecule has 0 spiro atoms. The van der Waals surface area contributed by atoms with Gasteiger partial charge in [0.05, 0.1) is 5.92 Å². The summed E-state index contributed by atoms with van der Waals surface area (Å²) in [5.41, 5.74) is 2.52. The van der Waals surface area contributed by atoms with Gasteiger partial charge >= 0.3 is 5.97 Å². The van der Waals surface area contributed by atoms with Crippen LogP contribution < -0.4 is 0 Å². The first-order valence-corrected chi connectivity index (χ1v) is 7.99. The Balaban J connectivity index is 2.09. The molecule has 0 aromatic heterocycles. The molecule has 1 aliphatic rings. The lowest BCUT2D eigenvalue weighted by Crippen LogP contribution is -2.45. The number of carbonyl (C=O) groups is 1. The first kappa shape index (κ1) is 16.0. The normalized spacial score (nSPS) is 26.0. The van der Waals surface area contributed by atoms with Gasteiger partial charge in [-0.3, -0.25) is 9.69 Å². The molecular formula is C18H27NO2. The maximum Gasteiger partial charge on any atom is 0.308 e. The Morgan fingerprint density at radius 2 is 2.14 bits per heavy atom. The van der Waals surface area contributed by atoms with Crippen molar-refractivity contribution in [1.29, 1.82) is 0 Å². The maximum absolute atomic E-state index is 11.5. The Labute approximate surface area is 128 Å². The molecule has 1 saturated carbocycles. The van der Waals surface area contributed by atoms with E-state index >= 15 is 0 Å². The summed E-state index contributed by atoms with van der Waals surface area (Å²) in [6.45, 7) is 5.13. The Hall–Kier alpha value is -1.35. The van der Waals surface area contributed by atoms with Crippen LogP contribution in [0.2, 0.25) is 0 Å². The third kappa shape index (κ3) is 4.07. The van der Waals surface area contributed by atoms with E-state index in [2.05, 4.69) is 50.1 Å². The quantitative estimate of drug-likeness (QED) is 0.898. The highest BCUT2D eigenvalue weighted by atomic mass is 16.4. The van der Waals surface area contributed by atoms with E-state index in [1.807, 2.05) is 0 Å². The molecule has 1 aromatic rings. The van der Waals surface area contributed by atoms with Crippen LogP contribution in [0.25, 0.3) is 0 Å².